The highest BCUT2D eigenvalue weighted by atomic mass is 16.4. The van der Waals surface area contributed by atoms with Gasteiger partial charge < -0.3 is 16.2 Å². The predicted octanol–water partition coefficient (Wildman–Crippen LogP) is -0.438. The lowest BCUT2D eigenvalue weighted by atomic mass is 10.1. The smallest absolute Gasteiger partial charge is 0.306 e. The highest BCUT2D eigenvalue weighted by Gasteiger charge is 2.12. The van der Waals surface area contributed by atoms with E-state index in [1.54, 1.807) is 6.92 Å². The molecule has 0 aliphatic heterocycles. The van der Waals surface area contributed by atoms with E-state index in [-0.39, 0.29) is 12.3 Å². The van der Waals surface area contributed by atoms with Gasteiger partial charge in [0.1, 0.15) is 0 Å². The van der Waals surface area contributed by atoms with Crippen molar-refractivity contribution in [2.24, 2.45) is 11.7 Å². The highest BCUT2D eigenvalue weighted by molar-refractivity contribution is 5.77. The number of hydrogen-bond acceptors (Lipinski definition) is 3. The summed E-state index contributed by atoms with van der Waals surface area (Å²) in [5.74, 6) is -1.48. The van der Waals surface area contributed by atoms with Gasteiger partial charge in [0.15, 0.2) is 0 Å². The van der Waals surface area contributed by atoms with E-state index < -0.39 is 11.9 Å². The first-order chi connectivity index (χ1) is 6.07. The van der Waals surface area contributed by atoms with Crippen molar-refractivity contribution in [3.8, 4) is 0 Å². The number of carboxylic acids is 1. The lowest BCUT2D eigenvalue weighted by Crippen LogP contribution is -2.29. The second-order valence-electron chi connectivity index (χ2n) is 2.92. The second kappa shape index (κ2) is 6.42. The standard InChI is InChI=1S/C8H16N2O3/c1-6(8(12)13)2-3-7(11)10-5-4-9/h6H,2-5,9H2,1H3,(H,10,11)(H,12,13)/t6-/m0/s1. The Bertz CT molecular complexity index is 182. The van der Waals surface area contributed by atoms with Crippen molar-refractivity contribution in [3.63, 3.8) is 0 Å². The molecule has 76 valence electrons. The molecule has 0 aromatic carbocycles. The van der Waals surface area contributed by atoms with Crippen molar-refractivity contribution in [2.75, 3.05) is 13.1 Å². The summed E-state index contributed by atoms with van der Waals surface area (Å²) in [6.07, 6.45) is 0.610. The number of rotatable bonds is 6. The number of hydrogen-bond donors (Lipinski definition) is 3. The zero-order valence-corrected chi connectivity index (χ0v) is 7.75. The molecule has 0 fully saturated rings. The molecule has 0 rings (SSSR count). The van der Waals surface area contributed by atoms with Gasteiger partial charge in [-0.25, -0.2) is 0 Å². The van der Waals surface area contributed by atoms with Gasteiger partial charge in [-0.2, -0.15) is 0 Å². The van der Waals surface area contributed by atoms with Crippen LogP contribution in [-0.4, -0.2) is 30.1 Å². The van der Waals surface area contributed by atoms with Crippen molar-refractivity contribution in [3.05, 3.63) is 0 Å². The molecule has 0 unspecified atom stereocenters. The molecule has 0 bridgehead atoms. The molecule has 0 aromatic heterocycles. The summed E-state index contributed by atoms with van der Waals surface area (Å²) in [5, 5.41) is 11.1. The summed E-state index contributed by atoms with van der Waals surface area (Å²) < 4.78 is 0. The summed E-state index contributed by atoms with van der Waals surface area (Å²) in [4.78, 5) is 21.3. The molecule has 1 atom stereocenters. The molecule has 0 saturated heterocycles. The molecule has 0 heterocycles. The van der Waals surface area contributed by atoms with E-state index in [1.807, 2.05) is 0 Å². The lowest BCUT2D eigenvalue weighted by Gasteiger charge is -2.05. The minimum absolute atomic E-state index is 0.140. The van der Waals surface area contributed by atoms with Gasteiger partial charge in [-0.1, -0.05) is 6.92 Å². The van der Waals surface area contributed by atoms with Gasteiger partial charge in [0.2, 0.25) is 5.91 Å². The Kier molecular flexibility index (Phi) is 5.88. The Balaban J connectivity index is 3.52. The van der Waals surface area contributed by atoms with Gasteiger partial charge in [0.05, 0.1) is 5.92 Å². The van der Waals surface area contributed by atoms with E-state index in [0.717, 1.165) is 0 Å². The maximum absolute atomic E-state index is 11.0. The molecule has 0 radical (unpaired) electrons. The maximum atomic E-state index is 11.0. The van der Waals surface area contributed by atoms with Crippen LogP contribution in [0.15, 0.2) is 0 Å². The number of carboxylic acid groups (broad SMARTS) is 1. The first kappa shape index (κ1) is 11.9. The molecular weight excluding hydrogens is 172 g/mol. The third-order valence-corrected chi connectivity index (χ3v) is 1.69. The quantitative estimate of drug-likeness (QED) is 0.527. The van der Waals surface area contributed by atoms with Gasteiger partial charge in [-0.05, 0) is 6.42 Å². The Morgan fingerprint density at radius 3 is 2.62 bits per heavy atom. The molecular formula is C8H16N2O3. The fraction of sp³-hybridized carbons (Fsp3) is 0.750. The van der Waals surface area contributed by atoms with Crippen LogP contribution in [0.3, 0.4) is 0 Å². The average Bonchev–Trinajstić information content (AvgIpc) is 2.10. The Labute approximate surface area is 77.3 Å². The van der Waals surface area contributed by atoms with E-state index in [9.17, 15) is 9.59 Å². The van der Waals surface area contributed by atoms with Crippen molar-refractivity contribution in [1.82, 2.24) is 5.32 Å². The van der Waals surface area contributed by atoms with Crippen LogP contribution in [0.1, 0.15) is 19.8 Å². The number of carbonyl (C=O) groups is 2. The Hall–Kier alpha value is -1.10. The largest absolute Gasteiger partial charge is 0.481 e. The van der Waals surface area contributed by atoms with Crippen LogP contribution in [0.2, 0.25) is 0 Å². The van der Waals surface area contributed by atoms with Gasteiger partial charge in [0, 0.05) is 19.5 Å². The predicted molar refractivity (Wildman–Crippen MR) is 48.1 cm³/mol. The fourth-order valence-corrected chi connectivity index (χ4v) is 0.771. The molecule has 1 amide bonds. The molecule has 0 aliphatic rings. The third kappa shape index (κ3) is 6.10. The van der Waals surface area contributed by atoms with Crippen LogP contribution < -0.4 is 11.1 Å². The van der Waals surface area contributed by atoms with Crippen LogP contribution in [0, 0.1) is 5.92 Å². The SMILES string of the molecule is C[C@@H](CCC(=O)NCCN)C(=O)O. The topological polar surface area (TPSA) is 92.4 Å². The number of nitrogens with one attached hydrogen (secondary N) is 1. The Morgan fingerprint density at radius 1 is 1.54 bits per heavy atom. The monoisotopic (exact) mass is 188 g/mol. The van der Waals surface area contributed by atoms with E-state index in [1.165, 1.54) is 0 Å². The molecule has 5 nitrogen and oxygen atoms in total. The highest BCUT2D eigenvalue weighted by Crippen LogP contribution is 2.04. The molecule has 5 heteroatoms. The summed E-state index contributed by atoms with van der Waals surface area (Å²) in [5.41, 5.74) is 5.17. The summed E-state index contributed by atoms with van der Waals surface area (Å²) in [6, 6.07) is 0. The second-order valence-corrected chi connectivity index (χ2v) is 2.92. The zero-order chi connectivity index (χ0) is 10.3. The van der Waals surface area contributed by atoms with E-state index in [2.05, 4.69) is 5.32 Å². The van der Waals surface area contributed by atoms with Crippen LogP contribution in [0.25, 0.3) is 0 Å². The van der Waals surface area contributed by atoms with Crippen molar-refractivity contribution < 1.29 is 14.7 Å². The van der Waals surface area contributed by atoms with Crippen LogP contribution >= 0.6 is 0 Å². The van der Waals surface area contributed by atoms with E-state index in [0.29, 0.717) is 19.5 Å². The van der Waals surface area contributed by atoms with Crippen LogP contribution in [0.5, 0.6) is 0 Å². The Morgan fingerprint density at radius 2 is 2.15 bits per heavy atom. The normalized spacial score (nSPS) is 12.2. The molecule has 0 spiro atoms. The first-order valence-corrected chi connectivity index (χ1v) is 4.27. The van der Waals surface area contributed by atoms with E-state index >= 15 is 0 Å². The first-order valence-electron chi connectivity index (χ1n) is 4.27. The van der Waals surface area contributed by atoms with Gasteiger partial charge in [-0.3, -0.25) is 9.59 Å². The minimum Gasteiger partial charge on any atom is -0.481 e. The third-order valence-electron chi connectivity index (χ3n) is 1.69. The average molecular weight is 188 g/mol. The van der Waals surface area contributed by atoms with E-state index in [4.69, 9.17) is 10.8 Å². The van der Waals surface area contributed by atoms with Gasteiger partial charge >= 0.3 is 5.97 Å². The number of nitrogens with two attached hydrogens (primary N) is 1. The molecule has 0 saturated carbocycles. The van der Waals surface area contributed by atoms with Gasteiger partial charge in [-0.15, -0.1) is 0 Å². The number of aliphatic carboxylic acids is 1. The van der Waals surface area contributed by atoms with Crippen LogP contribution in [-0.2, 0) is 9.59 Å². The van der Waals surface area contributed by atoms with Crippen molar-refractivity contribution in [2.45, 2.75) is 19.8 Å². The summed E-state index contributed by atoms with van der Waals surface area (Å²) in [7, 11) is 0. The fourth-order valence-electron chi connectivity index (χ4n) is 0.771. The summed E-state index contributed by atoms with van der Waals surface area (Å²) in [6.45, 7) is 2.43. The number of amides is 1. The zero-order valence-electron chi connectivity index (χ0n) is 7.75. The lowest BCUT2D eigenvalue weighted by molar-refractivity contribution is -0.141. The molecule has 0 aromatic rings. The van der Waals surface area contributed by atoms with Crippen LogP contribution in [0.4, 0.5) is 0 Å². The van der Waals surface area contributed by atoms with Gasteiger partial charge in [0.25, 0.3) is 0 Å². The molecule has 0 aliphatic carbocycles. The van der Waals surface area contributed by atoms with Crippen molar-refractivity contribution in [1.29, 1.82) is 0 Å². The molecule has 13 heavy (non-hydrogen) atoms. The number of carbonyl (C=O) groups excluding carboxylic acids is 1. The van der Waals surface area contributed by atoms with Crippen molar-refractivity contribution >= 4 is 11.9 Å². The maximum Gasteiger partial charge on any atom is 0.306 e. The summed E-state index contributed by atoms with van der Waals surface area (Å²) >= 11 is 0. The molecule has 4 N–H and O–H groups in total. The minimum atomic E-state index is -0.869.